The number of piperidine rings is 1. The summed E-state index contributed by atoms with van der Waals surface area (Å²) in [7, 11) is 0. The molecular formula is C36H36N3O2S+. The number of aryl methyl sites for hydroxylation is 1. The minimum Gasteiger partial charge on any atom is -0.349 e. The molecule has 0 spiro atoms. The predicted octanol–water partition coefficient (Wildman–Crippen LogP) is 5.65. The normalized spacial score (nSPS) is 19.4. The van der Waals surface area contributed by atoms with Gasteiger partial charge in [0.25, 0.3) is 11.8 Å². The Balaban J connectivity index is 1.10. The van der Waals surface area contributed by atoms with Gasteiger partial charge < -0.3 is 15.1 Å². The number of likely N-dealkylation sites (tertiary alicyclic amines) is 1. The number of hydrogen-bond acceptors (Lipinski definition) is 3. The van der Waals surface area contributed by atoms with E-state index >= 15 is 0 Å². The van der Waals surface area contributed by atoms with Gasteiger partial charge in [-0.2, -0.15) is 0 Å². The Labute approximate surface area is 252 Å². The van der Waals surface area contributed by atoms with Crippen LogP contribution in [0, 0.1) is 6.92 Å². The zero-order valence-corrected chi connectivity index (χ0v) is 24.7. The largest absolute Gasteiger partial charge is 0.349 e. The summed E-state index contributed by atoms with van der Waals surface area (Å²) < 4.78 is 0. The van der Waals surface area contributed by atoms with Gasteiger partial charge in [-0.1, -0.05) is 96.2 Å². The molecule has 0 radical (unpaired) electrons. The minimum atomic E-state index is -0.0351. The van der Waals surface area contributed by atoms with Crippen LogP contribution in [0.2, 0.25) is 0 Å². The first-order chi connectivity index (χ1) is 20.5. The number of para-hydroxylation sites is 1. The Morgan fingerprint density at radius 1 is 0.905 bits per heavy atom. The molecule has 42 heavy (non-hydrogen) atoms. The van der Waals surface area contributed by atoms with E-state index in [4.69, 9.17) is 0 Å². The van der Waals surface area contributed by atoms with Crippen LogP contribution in [0.5, 0.6) is 0 Å². The van der Waals surface area contributed by atoms with Gasteiger partial charge in [0.1, 0.15) is 6.54 Å². The fraction of sp³-hybridized carbons (Fsp3) is 0.222. The second-order valence-corrected chi connectivity index (χ2v) is 12.3. The van der Waals surface area contributed by atoms with Crippen molar-refractivity contribution in [3.63, 3.8) is 0 Å². The number of anilines is 1. The number of carbonyl (C=O) groups is 2. The Morgan fingerprint density at radius 2 is 1.62 bits per heavy atom. The summed E-state index contributed by atoms with van der Waals surface area (Å²) in [6.45, 7) is 5.73. The highest BCUT2D eigenvalue weighted by Gasteiger charge is 2.29. The van der Waals surface area contributed by atoms with Gasteiger partial charge in [0.2, 0.25) is 0 Å². The van der Waals surface area contributed by atoms with E-state index in [9.17, 15) is 9.59 Å². The molecule has 0 bridgehead atoms. The lowest BCUT2D eigenvalue weighted by molar-refractivity contribution is -0.918. The molecule has 2 N–H and O–H groups in total. The van der Waals surface area contributed by atoms with Gasteiger partial charge in [0.05, 0.1) is 30.2 Å². The smallest absolute Gasteiger partial charge is 0.265 e. The standard InChI is InChI=1S/C36H35N3O2S/c1-26-8-7-11-29(22-26)25-39-32-12-5-6-13-33(32)42-34(36(39)41)23-27-14-16-30(17-15-27)35(40)37-31-18-20-38(21-19-31)24-28-9-3-2-4-10-28/h2-17,22-23,31H,18-21,24-25H2,1H3,(H,37,40)/p+1. The molecule has 2 amide bonds. The minimum absolute atomic E-state index is 0.0113. The molecular weight excluding hydrogens is 538 g/mol. The zero-order chi connectivity index (χ0) is 28.9. The van der Waals surface area contributed by atoms with Crippen molar-refractivity contribution in [3.8, 4) is 0 Å². The van der Waals surface area contributed by atoms with E-state index in [2.05, 4.69) is 66.8 Å². The molecule has 4 aromatic carbocycles. The summed E-state index contributed by atoms with van der Waals surface area (Å²) in [6, 6.07) is 34.7. The number of fused-ring (bicyclic) bond motifs is 1. The monoisotopic (exact) mass is 574 g/mol. The van der Waals surface area contributed by atoms with Crippen molar-refractivity contribution in [1.29, 1.82) is 0 Å². The highest BCUT2D eigenvalue weighted by Crippen LogP contribution is 2.42. The maximum atomic E-state index is 13.7. The van der Waals surface area contributed by atoms with E-state index in [1.54, 1.807) is 4.90 Å². The summed E-state index contributed by atoms with van der Waals surface area (Å²) in [6.07, 6.45) is 3.90. The Kier molecular flexibility index (Phi) is 8.54. The maximum absolute atomic E-state index is 13.7. The first-order valence-corrected chi connectivity index (χ1v) is 15.5. The van der Waals surface area contributed by atoms with Crippen LogP contribution in [0.4, 0.5) is 5.69 Å². The number of benzene rings is 4. The highest BCUT2D eigenvalue weighted by atomic mass is 32.2. The number of amides is 2. The van der Waals surface area contributed by atoms with E-state index in [1.165, 1.54) is 22.9 Å². The molecule has 6 rings (SSSR count). The lowest BCUT2D eigenvalue weighted by Gasteiger charge is -2.30. The summed E-state index contributed by atoms with van der Waals surface area (Å²) in [5.41, 5.74) is 6.12. The molecule has 2 aliphatic heterocycles. The van der Waals surface area contributed by atoms with E-state index < -0.39 is 0 Å². The number of carbonyl (C=O) groups excluding carboxylic acids is 2. The number of nitrogens with one attached hydrogen (secondary N) is 2. The van der Waals surface area contributed by atoms with Crippen LogP contribution in [0.25, 0.3) is 6.08 Å². The third kappa shape index (κ3) is 6.67. The predicted molar refractivity (Wildman–Crippen MR) is 170 cm³/mol. The van der Waals surface area contributed by atoms with Crippen LogP contribution >= 0.6 is 11.8 Å². The van der Waals surface area contributed by atoms with Crippen LogP contribution in [0.15, 0.2) is 113 Å². The van der Waals surface area contributed by atoms with Gasteiger partial charge in [-0.15, -0.1) is 0 Å². The van der Waals surface area contributed by atoms with Crippen LogP contribution in [-0.2, 0) is 17.9 Å². The molecule has 0 unspecified atom stereocenters. The van der Waals surface area contributed by atoms with E-state index in [0.29, 0.717) is 17.0 Å². The van der Waals surface area contributed by atoms with Crippen molar-refractivity contribution in [2.45, 2.75) is 43.8 Å². The van der Waals surface area contributed by atoms with E-state index in [0.717, 1.165) is 54.2 Å². The SMILES string of the molecule is Cc1cccc(CN2C(=O)C(=Cc3ccc(C(=O)NC4CC[NH+](Cc5ccccc5)CC4)cc3)Sc3ccccc32)c1. The third-order valence-electron chi connectivity index (χ3n) is 8.05. The number of quaternary nitrogens is 1. The van der Waals surface area contributed by atoms with Crippen LogP contribution < -0.4 is 15.1 Å². The zero-order valence-electron chi connectivity index (χ0n) is 23.9. The van der Waals surface area contributed by atoms with Crippen molar-refractivity contribution in [2.75, 3.05) is 18.0 Å². The Morgan fingerprint density at radius 3 is 2.38 bits per heavy atom. The molecule has 4 aromatic rings. The van der Waals surface area contributed by atoms with E-state index in [-0.39, 0.29) is 17.9 Å². The summed E-state index contributed by atoms with van der Waals surface area (Å²) in [4.78, 5) is 31.9. The summed E-state index contributed by atoms with van der Waals surface area (Å²) in [5.74, 6) is -0.0464. The molecule has 2 heterocycles. The number of rotatable bonds is 7. The fourth-order valence-electron chi connectivity index (χ4n) is 5.79. The van der Waals surface area contributed by atoms with Crippen molar-refractivity contribution < 1.29 is 14.5 Å². The second-order valence-electron chi connectivity index (χ2n) is 11.2. The second kappa shape index (κ2) is 12.8. The van der Waals surface area contributed by atoms with Crippen molar-refractivity contribution >= 4 is 35.3 Å². The first kappa shape index (κ1) is 28.0. The maximum Gasteiger partial charge on any atom is 0.265 e. The third-order valence-corrected chi connectivity index (χ3v) is 9.13. The Bertz CT molecular complexity index is 1590. The average Bonchev–Trinajstić information content (AvgIpc) is 3.01. The van der Waals surface area contributed by atoms with Gasteiger partial charge in [-0.05, 0) is 48.4 Å². The van der Waals surface area contributed by atoms with Crippen molar-refractivity contribution in [1.82, 2.24) is 5.32 Å². The molecule has 0 aliphatic carbocycles. The van der Waals surface area contributed by atoms with Gasteiger partial charge >= 0.3 is 0 Å². The van der Waals surface area contributed by atoms with Gasteiger partial charge in [-0.3, -0.25) is 9.59 Å². The van der Waals surface area contributed by atoms with Gasteiger partial charge in [0.15, 0.2) is 0 Å². The molecule has 0 saturated carbocycles. The molecule has 212 valence electrons. The number of thioether (sulfide) groups is 1. The van der Waals surface area contributed by atoms with Crippen LogP contribution in [-0.4, -0.2) is 30.9 Å². The molecule has 2 aliphatic rings. The summed E-state index contributed by atoms with van der Waals surface area (Å²) in [5, 5.41) is 3.24. The molecule has 1 saturated heterocycles. The van der Waals surface area contributed by atoms with Gasteiger partial charge in [-0.25, -0.2) is 0 Å². The average molecular weight is 575 g/mol. The van der Waals surface area contributed by atoms with E-state index in [1.807, 2.05) is 59.5 Å². The van der Waals surface area contributed by atoms with Crippen LogP contribution in [0.1, 0.15) is 45.5 Å². The molecule has 6 heteroatoms. The Hall–Kier alpha value is -4.13. The molecule has 5 nitrogen and oxygen atoms in total. The summed E-state index contributed by atoms with van der Waals surface area (Å²) >= 11 is 1.50. The van der Waals surface area contributed by atoms with Crippen molar-refractivity contribution in [3.05, 3.63) is 136 Å². The molecule has 0 atom stereocenters. The highest BCUT2D eigenvalue weighted by molar-refractivity contribution is 8.04. The van der Waals surface area contributed by atoms with Crippen LogP contribution in [0.3, 0.4) is 0 Å². The lowest BCUT2D eigenvalue weighted by atomic mass is 10.0. The quantitative estimate of drug-likeness (QED) is 0.281. The molecule has 1 fully saturated rings. The first-order valence-electron chi connectivity index (χ1n) is 14.7. The molecule has 0 aromatic heterocycles. The number of nitrogens with zero attached hydrogens (tertiary/aromatic N) is 1. The van der Waals surface area contributed by atoms with Crippen molar-refractivity contribution in [2.24, 2.45) is 0 Å². The van der Waals surface area contributed by atoms with Gasteiger partial charge in [0, 0.05) is 34.9 Å². The lowest BCUT2D eigenvalue weighted by Crippen LogP contribution is -3.12. The topological polar surface area (TPSA) is 53.9 Å². The number of hydrogen-bond donors (Lipinski definition) is 2. The fourth-order valence-corrected chi connectivity index (χ4v) is 6.85.